The Kier molecular flexibility index (Phi) is 5.52. The monoisotopic (exact) mass is 300 g/mol. The first-order valence-corrected chi connectivity index (χ1v) is 8.70. The summed E-state index contributed by atoms with van der Waals surface area (Å²) in [5.74, 6) is 0.972. The van der Waals surface area contributed by atoms with Crippen LogP contribution in [0.2, 0.25) is 0 Å². The Morgan fingerprint density at radius 1 is 1.09 bits per heavy atom. The number of nitrogens with zero attached hydrogens (tertiary/aromatic N) is 2. The normalized spacial score (nSPS) is 23.6. The van der Waals surface area contributed by atoms with Crippen LogP contribution in [0.4, 0.5) is 0 Å². The number of benzene rings is 1. The molecular weight excluding hydrogens is 272 g/mol. The van der Waals surface area contributed by atoms with Gasteiger partial charge in [-0.2, -0.15) is 0 Å². The second-order valence-electron chi connectivity index (χ2n) is 6.32. The van der Waals surface area contributed by atoms with Crippen LogP contribution in [0.3, 0.4) is 0 Å². The summed E-state index contributed by atoms with van der Waals surface area (Å²) in [4.78, 5) is 5.23. The molecule has 0 radical (unpaired) electrons. The third-order valence-electron chi connectivity index (χ3n) is 4.75. The maximum Gasteiger partial charge on any atom is 0.119 e. The number of piperazine rings is 1. The van der Waals surface area contributed by atoms with Crippen LogP contribution in [-0.2, 0) is 6.54 Å². The van der Waals surface area contributed by atoms with Gasteiger partial charge in [-0.1, -0.05) is 24.3 Å². The summed E-state index contributed by atoms with van der Waals surface area (Å²) in [5.41, 5.74) is 1.38. The minimum Gasteiger partial charge on any atom is -0.494 e. The number of ether oxygens (including phenoxy) is 1. The van der Waals surface area contributed by atoms with Crippen molar-refractivity contribution in [3.8, 4) is 5.75 Å². The van der Waals surface area contributed by atoms with E-state index in [2.05, 4.69) is 46.2 Å². The Hall–Kier alpha value is -1.32. The van der Waals surface area contributed by atoms with Gasteiger partial charge >= 0.3 is 0 Å². The molecule has 1 heterocycles. The SMILES string of the molecule is CCOc1ccc(CN2CCN(C3C=CCCC3)CC2)cc1. The minimum absolute atomic E-state index is 0.696. The molecule has 1 aliphatic heterocycles. The molecule has 0 spiro atoms. The standard InChI is InChI=1S/C19H28N2O/c1-2-22-19-10-8-17(9-11-19)16-20-12-14-21(15-13-20)18-6-4-3-5-7-18/h4,6,8-11,18H,2-3,5,7,12-16H2,1H3. The second-order valence-corrected chi connectivity index (χ2v) is 6.32. The van der Waals surface area contributed by atoms with E-state index < -0.39 is 0 Å². The van der Waals surface area contributed by atoms with Crippen LogP contribution in [0.5, 0.6) is 5.75 Å². The smallest absolute Gasteiger partial charge is 0.119 e. The molecule has 0 bridgehead atoms. The third kappa shape index (κ3) is 4.11. The van der Waals surface area contributed by atoms with Gasteiger partial charge in [0.1, 0.15) is 5.75 Å². The molecule has 1 aromatic carbocycles. The van der Waals surface area contributed by atoms with Crippen LogP contribution < -0.4 is 4.74 Å². The predicted molar refractivity (Wildman–Crippen MR) is 91.2 cm³/mol. The average molecular weight is 300 g/mol. The van der Waals surface area contributed by atoms with Crippen molar-refractivity contribution in [1.29, 1.82) is 0 Å². The van der Waals surface area contributed by atoms with E-state index in [-0.39, 0.29) is 0 Å². The number of rotatable bonds is 5. The molecule has 3 heteroatoms. The molecule has 22 heavy (non-hydrogen) atoms. The lowest BCUT2D eigenvalue weighted by Gasteiger charge is -2.39. The molecule has 1 aromatic rings. The highest BCUT2D eigenvalue weighted by molar-refractivity contribution is 5.27. The number of hydrogen-bond donors (Lipinski definition) is 0. The molecule has 120 valence electrons. The summed E-state index contributed by atoms with van der Waals surface area (Å²) in [6.07, 6.45) is 8.75. The zero-order valence-corrected chi connectivity index (χ0v) is 13.7. The van der Waals surface area contributed by atoms with Gasteiger partial charge in [-0.05, 0) is 43.9 Å². The molecule has 1 saturated heterocycles. The van der Waals surface area contributed by atoms with E-state index in [1.165, 1.54) is 51.0 Å². The number of allylic oxidation sites excluding steroid dienone is 1. The average Bonchev–Trinajstić information content (AvgIpc) is 2.58. The molecule has 1 fully saturated rings. The topological polar surface area (TPSA) is 15.7 Å². The van der Waals surface area contributed by atoms with E-state index in [0.29, 0.717) is 6.04 Å². The van der Waals surface area contributed by atoms with Crippen molar-refractivity contribution >= 4 is 0 Å². The van der Waals surface area contributed by atoms with Gasteiger partial charge in [0.05, 0.1) is 6.61 Å². The lowest BCUT2D eigenvalue weighted by atomic mass is 10.0. The highest BCUT2D eigenvalue weighted by atomic mass is 16.5. The zero-order chi connectivity index (χ0) is 15.2. The molecule has 3 rings (SSSR count). The highest BCUT2D eigenvalue weighted by Crippen LogP contribution is 2.19. The summed E-state index contributed by atoms with van der Waals surface area (Å²) in [7, 11) is 0. The fourth-order valence-electron chi connectivity index (χ4n) is 3.47. The van der Waals surface area contributed by atoms with Crippen molar-refractivity contribution in [2.24, 2.45) is 0 Å². The van der Waals surface area contributed by atoms with Crippen LogP contribution in [0.1, 0.15) is 31.7 Å². The molecule has 0 N–H and O–H groups in total. The molecule has 1 atom stereocenters. The molecule has 0 saturated carbocycles. The molecule has 1 aliphatic carbocycles. The fourth-order valence-corrected chi connectivity index (χ4v) is 3.47. The lowest BCUT2D eigenvalue weighted by Crippen LogP contribution is -2.49. The Labute approximate surface area is 134 Å². The third-order valence-corrected chi connectivity index (χ3v) is 4.75. The number of hydrogen-bond acceptors (Lipinski definition) is 3. The van der Waals surface area contributed by atoms with E-state index in [9.17, 15) is 0 Å². The highest BCUT2D eigenvalue weighted by Gasteiger charge is 2.22. The van der Waals surface area contributed by atoms with E-state index in [1.54, 1.807) is 0 Å². The minimum atomic E-state index is 0.696. The van der Waals surface area contributed by atoms with Gasteiger partial charge in [0.2, 0.25) is 0 Å². The summed E-state index contributed by atoms with van der Waals surface area (Å²) in [6.45, 7) is 8.57. The maximum atomic E-state index is 5.51. The van der Waals surface area contributed by atoms with Crippen molar-refractivity contribution in [2.75, 3.05) is 32.8 Å². The van der Waals surface area contributed by atoms with Crippen molar-refractivity contribution in [3.63, 3.8) is 0 Å². The summed E-state index contributed by atoms with van der Waals surface area (Å²) in [6, 6.07) is 9.26. The molecule has 0 amide bonds. The zero-order valence-electron chi connectivity index (χ0n) is 13.7. The Balaban J connectivity index is 1.47. The maximum absolute atomic E-state index is 5.51. The van der Waals surface area contributed by atoms with E-state index in [1.807, 2.05) is 6.92 Å². The molecule has 3 nitrogen and oxygen atoms in total. The van der Waals surface area contributed by atoms with Crippen molar-refractivity contribution in [3.05, 3.63) is 42.0 Å². The van der Waals surface area contributed by atoms with Gasteiger partial charge in [-0.15, -0.1) is 0 Å². The quantitative estimate of drug-likeness (QED) is 0.776. The predicted octanol–water partition coefficient (Wildman–Crippen LogP) is 3.31. The summed E-state index contributed by atoms with van der Waals surface area (Å²) < 4.78 is 5.51. The summed E-state index contributed by atoms with van der Waals surface area (Å²) in [5, 5.41) is 0. The van der Waals surface area contributed by atoms with Gasteiger partial charge < -0.3 is 4.74 Å². The van der Waals surface area contributed by atoms with Crippen LogP contribution in [-0.4, -0.2) is 48.6 Å². The van der Waals surface area contributed by atoms with Crippen LogP contribution in [0.15, 0.2) is 36.4 Å². The largest absolute Gasteiger partial charge is 0.494 e. The van der Waals surface area contributed by atoms with Gasteiger partial charge in [0.15, 0.2) is 0 Å². The van der Waals surface area contributed by atoms with Gasteiger partial charge in [-0.3, -0.25) is 9.80 Å². The molecular formula is C19H28N2O. The Morgan fingerprint density at radius 2 is 1.86 bits per heavy atom. The first kappa shape index (κ1) is 15.6. The van der Waals surface area contributed by atoms with Crippen molar-refractivity contribution in [2.45, 2.75) is 38.8 Å². The molecule has 1 unspecified atom stereocenters. The van der Waals surface area contributed by atoms with E-state index in [4.69, 9.17) is 4.74 Å². The van der Waals surface area contributed by atoms with Gasteiger partial charge in [0.25, 0.3) is 0 Å². The molecule has 0 aromatic heterocycles. The molecule has 2 aliphatic rings. The Morgan fingerprint density at radius 3 is 2.50 bits per heavy atom. The lowest BCUT2D eigenvalue weighted by molar-refractivity contribution is 0.102. The fraction of sp³-hybridized carbons (Fsp3) is 0.579. The Bertz CT molecular complexity index is 475. The van der Waals surface area contributed by atoms with Crippen molar-refractivity contribution in [1.82, 2.24) is 9.80 Å². The van der Waals surface area contributed by atoms with E-state index in [0.717, 1.165) is 18.9 Å². The summed E-state index contributed by atoms with van der Waals surface area (Å²) >= 11 is 0. The first-order valence-electron chi connectivity index (χ1n) is 8.70. The van der Waals surface area contributed by atoms with Gasteiger partial charge in [0, 0.05) is 38.8 Å². The van der Waals surface area contributed by atoms with Crippen LogP contribution >= 0.6 is 0 Å². The van der Waals surface area contributed by atoms with Crippen molar-refractivity contribution < 1.29 is 4.74 Å². The van der Waals surface area contributed by atoms with Gasteiger partial charge in [-0.25, -0.2) is 0 Å². The van der Waals surface area contributed by atoms with Crippen LogP contribution in [0, 0.1) is 0 Å². The van der Waals surface area contributed by atoms with E-state index >= 15 is 0 Å². The first-order chi connectivity index (χ1) is 10.8. The second kappa shape index (κ2) is 7.80. The van der Waals surface area contributed by atoms with Crippen LogP contribution in [0.25, 0.3) is 0 Å².